The maximum absolute atomic E-state index is 13.5. The minimum Gasteiger partial charge on any atom is -0.316 e. The molecule has 1 heterocycles. The van der Waals surface area contributed by atoms with Crippen molar-refractivity contribution in [1.29, 1.82) is 0 Å². The maximum Gasteiger partial charge on any atom is 0.427 e. The van der Waals surface area contributed by atoms with Gasteiger partial charge in [0.2, 0.25) is 0 Å². The first-order valence-corrected chi connectivity index (χ1v) is 5.72. The minimum atomic E-state index is -5.70. The molecule has 0 N–H and O–H groups in total. The first-order valence-electron chi connectivity index (χ1n) is 5.72. The van der Waals surface area contributed by atoms with Gasteiger partial charge in [-0.15, -0.1) is 0 Å². The Morgan fingerprint density at radius 2 is 1.53 bits per heavy atom. The summed E-state index contributed by atoms with van der Waals surface area (Å²) < 4.78 is 95.8. The molecule has 0 bridgehead atoms. The number of alkyl halides is 7. The summed E-state index contributed by atoms with van der Waals surface area (Å²) in [5.74, 6) is -5.70. The molecular formula is C10H14F7NO. The fourth-order valence-electron chi connectivity index (χ4n) is 1.77. The Balaban J connectivity index is 2.90. The predicted octanol–water partition coefficient (Wildman–Crippen LogP) is 3.28. The highest BCUT2D eigenvalue weighted by Crippen LogP contribution is 2.48. The van der Waals surface area contributed by atoms with Crippen molar-refractivity contribution in [2.24, 2.45) is 0 Å². The molecule has 1 aliphatic rings. The predicted molar refractivity (Wildman–Crippen MR) is 52.2 cm³/mol. The van der Waals surface area contributed by atoms with Crippen LogP contribution in [-0.4, -0.2) is 48.8 Å². The van der Waals surface area contributed by atoms with Crippen LogP contribution < -0.4 is 0 Å². The molecule has 0 aromatic heterocycles. The van der Waals surface area contributed by atoms with E-state index in [1.54, 1.807) is 0 Å². The van der Waals surface area contributed by atoms with Gasteiger partial charge in [0.25, 0.3) is 0 Å². The van der Waals surface area contributed by atoms with Gasteiger partial charge in [-0.25, -0.2) is 9.29 Å². The molecule has 0 aromatic rings. The Morgan fingerprint density at radius 1 is 1.05 bits per heavy atom. The third-order valence-corrected chi connectivity index (χ3v) is 2.89. The van der Waals surface area contributed by atoms with Gasteiger partial charge in [-0.05, 0) is 19.8 Å². The van der Waals surface area contributed by atoms with Crippen molar-refractivity contribution < 1.29 is 35.5 Å². The molecule has 1 rings (SSSR count). The molecule has 0 spiro atoms. The van der Waals surface area contributed by atoms with Gasteiger partial charge in [0, 0.05) is 13.1 Å². The van der Waals surface area contributed by atoms with Crippen LogP contribution in [0.2, 0.25) is 0 Å². The summed E-state index contributed by atoms with van der Waals surface area (Å²) in [6.45, 7) is -1.29. The highest BCUT2D eigenvalue weighted by atomic mass is 19.4. The molecule has 0 aromatic carbocycles. The lowest BCUT2D eigenvalue weighted by atomic mass is 10.1. The number of hydrogen-bond acceptors (Lipinski definition) is 2. The van der Waals surface area contributed by atoms with E-state index in [2.05, 4.69) is 4.74 Å². The molecule has 19 heavy (non-hydrogen) atoms. The molecular weight excluding hydrogens is 283 g/mol. The van der Waals surface area contributed by atoms with Crippen molar-refractivity contribution in [3.63, 3.8) is 0 Å². The number of nitrogens with zero attached hydrogens (tertiary/aromatic N) is 1. The van der Waals surface area contributed by atoms with Crippen LogP contribution in [0, 0.1) is 0 Å². The second kappa shape index (κ2) is 5.43. The molecule has 114 valence electrons. The third-order valence-electron chi connectivity index (χ3n) is 2.89. The third kappa shape index (κ3) is 2.96. The largest absolute Gasteiger partial charge is 0.427 e. The van der Waals surface area contributed by atoms with Gasteiger partial charge in [-0.2, -0.15) is 26.3 Å². The van der Waals surface area contributed by atoms with Crippen molar-refractivity contribution in [3.05, 3.63) is 0 Å². The lowest BCUT2D eigenvalue weighted by Crippen LogP contribution is -2.64. The van der Waals surface area contributed by atoms with E-state index in [0.29, 0.717) is 0 Å². The van der Waals surface area contributed by atoms with Crippen LogP contribution in [0.1, 0.15) is 19.8 Å². The number of piperidine rings is 1. The molecule has 1 fully saturated rings. The van der Waals surface area contributed by atoms with Crippen LogP contribution >= 0.6 is 0 Å². The van der Waals surface area contributed by atoms with Crippen LogP contribution in [0.5, 0.6) is 0 Å². The summed E-state index contributed by atoms with van der Waals surface area (Å²) in [6, 6.07) is -5.11. The van der Waals surface area contributed by atoms with E-state index in [1.807, 2.05) is 0 Å². The van der Waals surface area contributed by atoms with Crippen LogP contribution in [0.25, 0.3) is 0 Å². The first kappa shape index (κ1) is 16.5. The smallest absolute Gasteiger partial charge is 0.316 e. The minimum absolute atomic E-state index is 0.129. The Kier molecular flexibility index (Phi) is 4.71. The Bertz CT molecular complexity index is 302. The molecule has 0 radical (unpaired) electrons. The average Bonchev–Trinajstić information content (AvgIpc) is 2.29. The number of rotatable bonds is 5. The number of likely N-dealkylation sites (tertiary alicyclic amines) is 1. The standard InChI is InChI=1S/C10H14F7NO/c1-2-19-10(16,17)8(12,13)9(14,15)18-5-3-7(11)4-6-18/h7H,2-6H2,1H3. The molecule has 1 saturated heterocycles. The first-order chi connectivity index (χ1) is 8.56. The van der Waals surface area contributed by atoms with E-state index >= 15 is 0 Å². The summed E-state index contributed by atoms with van der Waals surface area (Å²) in [6.07, 6.45) is -7.47. The Hall–Kier alpha value is -0.570. The molecule has 0 unspecified atom stereocenters. The normalized spacial score (nSPS) is 20.8. The fourth-order valence-corrected chi connectivity index (χ4v) is 1.77. The lowest BCUT2D eigenvalue weighted by molar-refractivity contribution is -0.423. The topological polar surface area (TPSA) is 12.5 Å². The molecule has 1 aliphatic heterocycles. The maximum atomic E-state index is 13.5. The summed E-state index contributed by atoms with van der Waals surface area (Å²) >= 11 is 0. The molecule has 0 saturated carbocycles. The van der Waals surface area contributed by atoms with Gasteiger partial charge in [-0.1, -0.05) is 0 Å². The second-order valence-corrected chi connectivity index (χ2v) is 4.23. The van der Waals surface area contributed by atoms with E-state index in [9.17, 15) is 30.7 Å². The quantitative estimate of drug-likeness (QED) is 0.570. The van der Waals surface area contributed by atoms with E-state index in [0.717, 1.165) is 6.92 Å². The number of ether oxygens (including phenoxy) is 1. The van der Waals surface area contributed by atoms with Gasteiger partial charge in [0.1, 0.15) is 6.17 Å². The van der Waals surface area contributed by atoms with Gasteiger partial charge in [-0.3, -0.25) is 0 Å². The van der Waals surface area contributed by atoms with Gasteiger partial charge >= 0.3 is 18.1 Å². The van der Waals surface area contributed by atoms with Crippen LogP contribution in [0.4, 0.5) is 30.7 Å². The van der Waals surface area contributed by atoms with Crippen LogP contribution in [0.3, 0.4) is 0 Å². The van der Waals surface area contributed by atoms with Crippen molar-refractivity contribution in [2.45, 2.75) is 44.0 Å². The highest BCUT2D eigenvalue weighted by molar-refractivity contribution is 4.93. The lowest BCUT2D eigenvalue weighted by Gasteiger charge is -2.40. The van der Waals surface area contributed by atoms with Gasteiger partial charge in [0.05, 0.1) is 6.61 Å². The summed E-state index contributed by atoms with van der Waals surface area (Å²) in [5.41, 5.74) is 0. The molecule has 0 atom stereocenters. The zero-order valence-corrected chi connectivity index (χ0v) is 10.1. The number of halogens is 7. The average molecular weight is 297 g/mol. The summed E-state index contributed by atoms with van der Waals surface area (Å²) in [4.78, 5) is -0.129. The fraction of sp³-hybridized carbons (Fsp3) is 1.00. The number of hydrogen-bond donors (Lipinski definition) is 0. The summed E-state index contributed by atoms with van der Waals surface area (Å²) in [5, 5.41) is 0. The zero-order chi connectivity index (χ0) is 14.9. The van der Waals surface area contributed by atoms with Crippen molar-refractivity contribution in [2.75, 3.05) is 19.7 Å². The molecule has 0 amide bonds. The van der Waals surface area contributed by atoms with Crippen molar-refractivity contribution >= 4 is 0 Å². The SMILES string of the molecule is CCOC(F)(F)C(F)(F)C(F)(F)N1CCC(F)CC1. The van der Waals surface area contributed by atoms with Gasteiger partial charge < -0.3 is 4.74 Å². The Morgan fingerprint density at radius 3 is 1.95 bits per heavy atom. The van der Waals surface area contributed by atoms with Crippen molar-refractivity contribution in [3.8, 4) is 0 Å². The van der Waals surface area contributed by atoms with Gasteiger partial charge in [0.15, 0.2) is 0 Å². The van der Waals surface area contributed by atoms with E-state index < -0.39 is 56.8 Å². The van der Waals surface area contributed by atoms with Crippen LogP contribution in [0.15, 0.2) is 0 Å². The Labute approximate surface area is 105 Å². The zero-order valence-electron chi connectivity index (χ0n) is 10.1. The summed E-state index contributed by atoms with van der Waals surface area (Å²) in [7, 11) is 0. The molecule has 9 heteroatoms. The van der Waals surface area contributed by atoms with E-state index in [4.69, 9.17) is 0 Å². The van der Waals surface area contributed by atoms with Crippen molar-refractivity contribution in [1.82, 2.24) is 4.90 Å². The highest BCUT2D eigenvalue weighted by Gasteiger charge is 2.75. The molecule has 2 nitrogen and oxygen atoms in total. The van der Waals surface area contributed by atoms with E-state index in [1.165, 1.54) is 0 Å². The van der Waals surface area contributed by atoms with E-state index in [-0.39, 0.29) is 4.90 Å². The molecule has 0 aliphatic carbocycles. The second-order valence-electron chi connectivity index (χ2n) is 4.23. The monoisotopic (exact) mass is 297 g/mol. The van der Waals surface area contributed by atoms with Crippen LogP contribution in [-0.2, 0) is 4.74 Å².